The van der Waals surface area contributed by atoms with Crippen LogP contribution in [0.1, 0.15) is 18.0 Å². The number of hydrogen-bond donors (Lipinski definition) is 2. The number of ether oxygens (including phenoxy) is 1. The zero-order valence-electron chi connectivity index (χ0n) is 11.6. The summed E-state index contributed by atoms with van der Waals surface area (Å²) in [7, 11) is 1.68. The predicted octanol–water partition coefficient (Wildman–Crippen LogP) is 2.21. The van der Waals surface area contributed by atoms with Crippen LogP contribution >= 0.6 is 28.3 Å². The molecule has 0 bridgehead atoms. The molecule has 1 atom stereocenters. The summed E-state index contributed by atoms with van der Waals surface area (Å²) in [5.41, 5.74) is 1.19. The quantitative estimate of drug-likeness (QED) is 0.840. The number of methoxy groups -OCH3 is 1. The fourth-order valence-corrected chi connectivity index (χ4v) is 3.07. The van der Waals surface area contributed by atoms with Crippen molar-refractivity contribution in [3.05, 3.63) is 28.2 Å². The maximum absolute atomic E-state index is 9.36. The highest BCUT2D eigenvalue weighted by Gasteiger charge is 2.23. The molecule has 1 aromatic rings. The molecular weight excluding hydrogens is 344 g/mol. The summed E-state index contributed by atoms with van der Waals surface area (Å²) in [4.78, 5) is 2.42. The smallest absolute Gasteiger partial charge is 0.119 e. The number of aliphatic hydroxyl groups is 1. The Morgan fingerprint density at radius 2 is 2.10 bits per heavy atom. The molecule has 0 amide bonds. The lowest BCUT2D eigenvalue weighted by Gasteiger charge is -2.35. The number of aliphatic hydroxyl groups excluding tert-OH is 1. The molecule has 1 heterocycles. The van der Waals surface area contributed by atoms with Gasteiger partial charge in [0.2, 0.25) is 0 Å². The van der Waals surface area contributed by atoms with Crippen LogP contribution in [-0.2, 0) is 0 Å². The number of piperazine rings is 1. The van der Waals surface area contributed by atoms with E-state index in [0.717, 1.165) is 42.8 Å². The Labute approximate surface area is 135 Å². The lowest BCUT2D eigenvalue weighted by molar-refractivity contribution is 0.140. The molecule has 0 aliphatic carbocycles. The molecule has 6 heteroatoms. The second-order valence-corrected chi connectivity index (χ2v) is 5.56. The molecule has 1 fully saturated rings. The summed E-state index contributed by atoms with van der Waals surface area (Å²) >= 11 is 3.62. The minimum absolute atomic E-state index is 0. The third-order valence-corrected chi connectivity index (χ3v) is 4.28. The van der Waals surface area contributed by atoms with Gasteiger partial charge in [0.25, 0.3) is 0 Å². The van der Waals surface area contributed by atoms with Gasteiger partial charge < -0.3 is 15.2 Å². The Balaban J connectivity index is 0.00000200. The monoisotopic (exact) mass is 364 g/mol. The summed E-state index contributed by atoms with van der Waals surface area (Å²) in [6.07, 6.45) is 0.742. The first-order valence-electron chi connectivity index (χ1n) is 6.65. The van der Waals surface area contributed by atoms with Crippen LogP contribution in [0.5, 0.6) is 5.75 Å². The molecule has 0 unspecified atom stereocenters. The molecule has 114 valence electrons. The molecule has 2 N–H and O–H groups in total. The van der Waals surface area contributed by atoms with Crippen molar-refractivity contribution < 1.29 is 9.84 Å². The van der Waals surface area contributed by atoms with Crippen LogP contribution in [0.3, 0.4) is 0 Å². The van der Waals surface area contributed by atoms with E-state index in [1.165, 1.54) is 5.56 Å². The molecule has 2 rings (SSSR count). The van der Waals surface area contributed by atoms with Gasteiger partial charge in [0, 0.05) is 43.3 Å². The third-order valence-electron chi connectivity index (χ3n) is 3.56. The minimum Gasteiger partial charge on any atom is -0.497 e. The van der Waals surface area contributed by atoms with Crippen molar-refractivity contribution in [2.45, 2.75) is 12.5 Å². The van der Waals surface area contributed by atoms with Crippen LogP contribution in [0, 0.1) is 0 Å². The maximum Gasteiger partial charge on any atom is 0.119 e. The summed E-state index contributed by atoms with van der Waals surface area (Å²) in [5.74, 6) is 0.858. The van der Waals surface area contributed by atoms with Gasteiger partial charge in [-0.25, -0.2) is 0 Å². The van der Waals surface area contributed by atoms with Crippen LogP contribution in [0.2, 0.25) is 0 Å². The average Bonchev–Trinajstić information content (AvgIpc) is 2.47. The number of nitrogens with one attached hydrogen (secondary N) is 1. The van der Waals surface area contributed by atoms with E-state index >= 15 is 0 Å². The third kappa shape index (κ3) is 4.33. The summed E-state index contributed by atoms with van der Waals surface area (Å²) in [5, 5.41) is 12.7. The van der Waals surface area contributed by atoms with Crippen LogP contribution < -0.4 is 10.1 Å². The highest BCUT2D eigenvalue weighted by Crippen LogP contribution is 2.33. The fraction of sp³-hybridized carbons (Fsp3) is 0.571. The van der Waals surface area contributed by atoms with Crippen molar-refractivity contribution >= 4 is 28.3 Å². The molecule has 1 saturated heterocycles. The molecule has 0 radical (unpaired) electrons. The first-order chi connectivity index (χ1) is 9.26. The normalized spacial score (nSPS) is 17.4. The van der Waals surface area contributed by atoms with Gasteiger partial charge in [-0.2, -0.15) is 0 Å². The maximum atomic E-state index is 9.36. The van der Waals surface area contributed by atoms with E-state index in [9.17, 15) is 5.11 Å². The Hall–Kier alpha value is -0.330. The summed E-state index contributed by atoms with van der Waals surface area (Å²) in [6.45, 7) is 4.22. The first kappa shape index (κ1) is 17.7. The number of halogens is 2. The molecule has 1 aliphatic rings. The number of benzene rings is 1. The van der Waals surface area contributed by atoms with Gasteiger partial charge in [0.1, 0.15) is 5.75 Å². The van der Waals surface area contributed by atoms with Gasteiger partial charge in [-0.15, -0.1) is 12.4 Å². The zero-order valence-corrected chi connectivity index (χ0v) is 14.0. The summed E-state index contributed by atoms with van der Waals surface area (Å²) < 4.78 is 6.39. The molecule has 0 saturated carbocycles. The Morgan fingerprint density at radius 3 is 2.70 bits per heavy atom. The van der Waals surface area contributed by atoms with E-state index in [-0.39, 0.29) is 25.1 Å². The highest BCUT2D eigenvalue weighted by atomic mass is 79.9. The summed E-state index contributed by atoms with van der Waals surface area (Å²) in [6, 6.07) is 6.26. The second kappa shape index (κ2) is 8.85. The van der Waals surface area contributed by atoms with E-state index in [1.54, 1.807) is 7.11 Å². The predicted molar refractivity (Wildman–Crippen MR) is 86.8 cm³/mol. The Morgan fingerprint density at radius 1 is 1.40 bits per heavy atom. The second-order valence-electron chi connectivity index (χ2n) is 4.70. The van der Waals surface area contributed by atoms with Crippen molar-refractivity contribution in [1.82, 2.24) is 10.2 Å². The Bertz CT molecular complexity index is 414. The zero-order chi connectivity index (χ0) is 13.7. The van der Waals surface area contributed by atoms with Gasteiger partial charge in [0.15, 0.2) is 0 Å². The van der Waals surface area contributed by atoms with Gasteiger partial charge in [0.05, 0.1) is 7.11 Å². The number of nitrogens with zero attached hydrogens (tertiary/aromatic N) is 1. The number of rotatable bonds is 5. The molecule has 1 aliphatic heterocycles. The fourth-order valence-electron chi connectivity index (χ4n) is 2.56. The lowest BCUT2D eigenvalue weighted by atomic mass is 10.0. The molecule has 0 spiro atoms. The van der Waals surface area contributed by atoms with Crippen molar-refractivity contribution in [3.63, 3.8) is 0 Å². The molecule has 4 nitrogen and oxygen atoms in total. The molecule has 20 heavy (non-hydrogen) atoms. The standard InChI is InChI=1S/C14H21BrN2O2.ClH/c1-19-11-2-3-13(15)12(10-11)14(4-9-18)17-7-5-16-6-8-17;/h2-3,10,14,16,18H,4-9H2,1H3;1H/t14-;/m0./s1. The first-order valence-corrected chi connectivity index (χ1v) is 7.44. The van der Waals surface area contributed by atoms with Crippen LogP contribution in [0.15, 0.2) is 22.7 Å². The van der Waals surface area contributed by atoms with E-state index < -0.39 is 0 Å². The van der Waals surface area contributed by atoms with E-state index in [0.29, 0.717) is 0 Å². The van der Waals surface area contributed by atoms with Crippen LogP contribution in [0.4, 0.5) is 0 Å². The largest absolute Gasteiger partial charge is 0.497 e. The molecular formula is C14H22BrClN2O2. The minimum atomic E-state index is 0. The van der Waals surface area contributed by atoms with Gasteiger partial charge >= 0.3 is 0 Å². The van der Waals surface area contributed by atoms with Crippen molar-refractivity contribution in [2.24, 2.45) is 0 Å². The topological polar surface area (TPSA) is 44.7 Å². The van der Waals surface area contributed by atoms with E-state index in [2.05, 4.69) is 32.2 Å². The van der Waals surface area contributed by atoms with E-state index in [4.69, 9.17) is 4.74 Å². The van der Waals surface area contributed by atoms with Crippen molar-refractivity contribution in [3.8, 4) is 5.75 Å². The molecule has 1 aromatic carbocycles. The number of hydrogen-bond acceptors (Lipinski definition) is 4. The van der Waals surface area contributed by atoms with Gasteiger partial charge in [-0.3, -0.25) is 4.90 Å². The highest BCUT2D eigenvalue weighted by molar-refractivity contribution is 9.10. The van der Waals surface area contributed by atoms with Crippen LogP contribution in [-0.4, -0.2) is 49.9 Å². The average molecular weight is 366 g/mol. The van der Waals surface area contributed by atoms with Crippen molar-refractivity contribution in [1.29, 1.82) is 0 Å². The Kier molecular flexibility index (Phi) is 7.84. The lowest BCUT2D eigenvalue weighted by Crippen LogP contribution is -2.45. The van der Waals surface area contributed by atoms with Crippen LogP contribution in [0.25, 0.3) is 0 Å². The SMILES string of the molecule is COc1ccc(Br)c([C@H](CCO)N2CCNCC2)c1.Cl. The van der Waals surface area contributed by atoms with E-state index in [1.807, 2.05) is 12.1 Å². The van der Waals surface area contributed by atoms with Gasteiger partial charge in [-0.1, -0.05) is 15.9 Å². The molecule has 0 aromatic heterocycles. The van der Waals surface area contributed by atoms with Gasteiger partial charge in [-0.05, 0) is 30.2 Å². The van der Waals surface area contributed by atoms with Crippen molar-refractivity contribution in [2.75, 3.05) is 39.9 Å².